The Morgan fingerprint density at radius 2 is 2.31 bits per heavy atom. The Bertz CT molecular complexity index is 208. The Morgan fingerprint density at radius 3 is 2.77 bits per heavy atom. The van der Waals surface area contributed by atoms with Crippen LogP contribution in [0.1, 0.15) is 19.8 Å². The molecule has 0 aromatic rings. The van der Waals surface area contributed by atoms with Gasteiger partial charge in [-0.15, -0.1) is 4.91 Å². The van der Waals surface area contributed by atoms with Crippen LogP contribution >= 0.6 is 0 Å². The fourth-order valence-electron chi connectivity index (χ4n) is 1.86. The van der Waals surface area contributed by atoms with Crippen molar-refractivity contribution >= 4 is 5.97 Å². The summed E-state index contributed by atoms with van der Waals surface area (Å²) in [6.45, 7) is 2.77. The van der Waals surface area contributed by atoms with Crippen LogP contribution in [-0.4, -0.2) is 29.2 Å². The third-order valence-corrected chi connectivity index (χ3v) is 2.51. The van der Waals surface area contributed by atoms with Crippen LogP contribution in [0.3, 0.4) is 0 Å². The number of carboxylic acid groups (broad SMARTS) is 1. The molecule has 0 amide bonds. The summed E-state index contributed by atoms with van der Waals surface area (Å²) in [5, 5.41) is 12.9. The molecule has 0 spiro atoms. The molecule has 5 heteroatoms. The highest BCUT2D eigenvalue weighted by molar-refractivity contribution is 5.71. The van der Waals surface area contributed by atoms with Crippen molar-refractivity contribution in [2.24, 2.45) is 17.1 Å². The van der Waals surface area contributed by atoms with Crippen LogP contribution in [0, 0.1) is 16.7 Å². The monoisotopic (exact) mass is 186 g/mol. The third kappa shape index (κ3) is 2.17. The van der Waals surface area contributed by atoms with Crippen molar-refractivity contribution in [2.75, 3.05) is 13.1 Å². The maximum atomic E-state index is 10.8. The van der Waals surface area contributed by atoms with Crippen molar-refractivity contribution in [3.63, 3.8) is 0 Å². The van der Waals surface area contributed by atoms with Gasteiger partial charge in [0.2, 0.25) is 0 Å². The zero-order valence-electron chi connectivity index (χ0n) is 7.64. The minimum atomic E-state index is -0.815. The lowest BCUT2D eigenvalue weighted by Gasteiger charge is -2.11. The number of aliphatic carboxylic acids is 1. The largest absolute Gasteiger partial charge is 0.481 e. The van der Waals surface area contributed by atoms with Crippen LogP contribution in [0.25, 0.3) is 0 Å². The van der Waals surface area contributed by atoms with Gasteiger partial charge in [-0.1, -0.05) is 13.3 Å². The van der Waals surface area contributed by atoms with Gasteiger partial charge in [0.1, 0.15) is 0 Å². The molecule has 1 aliphatic heterocycles. The maximum Gasteiger partial charge on any atom is 0.308 e. The van der Waals surface area contributed by atoms with E-state index >= 15 is 0 Å². The molecule has 5 nitrogen and oxygen atoms in total. The molecule has 13 heavy (non-hydrogen) atoms. The molecule has 0 aromatic carbocycles. The third-order valence-electron chi connectivity index (χ3n) is 2.51. The Balaban J connectivity index is 2.59. The highest BCUT2D eigenvalue weighted by atomic mass is 16.4. The van der Waals surface area contributed by atoms with Crippen molar-refractivity contribution in [1.82, 2.24) is 5.01 Å². The molecule has 2 atom stereocenters. The maximum absolute atomic E-state index is 10.8. The molecule has 2 unspecified atom stereocenters. The van der Waals surface area contributed by atoms with Gasteiger partial charge in [0.05, 0.1) is 17.7 Å². The van der Waals surface area contributed by atoms with E-state index in [0.29, 0.717) is 6.54 Å². The smallest absolute Gasteiger partial charge is 0.308 e. The van der Waals surface area contributed by atoms with E-state index in [1.165, 1.54) is 5.01 Å². The molecule has 1 fully saturated rings. The quantitative estimate of drug-likeness (QED) is 0.667. The van der Waals surface area contributed by atoms with Crippen LogP contribution in [0.15, 0.2) is 5.29 Å². The van der Waals surface area contributed by atoms with Crippen LogP contribution in [-0.2, 0) is 4.79 Å². The number of carbonyl (C=O) groups is 1. The highest BCUT2D eigenvalue weighted by Gasteiger charge is 2.37. The minimum Gasteiger partial charge on any atom is -0.481 e. The van der Waals surface area contributed by atoms with Gasteiger partial charge in [0.15, 0.2) is 0 Å². The summed E-state index contributed by atoms with van der Waals surface area (Å²) in [4.78, 5) is 21.0. The minimum absolute atomic E-state index is 0.0835. The molecule has 1 saturated heterocycles. The van der Waals surface area contributed by atoms with Crippen molar-refractivity contribution in [3.05, 3.63) is 4.91 Å². The van der Waals surface area contributed by atoms with Crippen molar-refractivity contribution in [1.29, 1.82) is 0 Å². The summed E-state index contributed by atoms with van der Waals surface area (Å²) in [5.74, 6) is -1.15. The Labute approximate surface area is 76.7 Å². The number of carboxylic acids is 1. The normalized spacial score (nSPS) is 27.6. The second kappa shape index (κ2) is 4.20. The number of nitrogens with zero attached hydrogens (tertiary/aromatic N) is 2. The van der Waals surface area contributed by atoms with Gasteiger partial charge in [-0.2, -0.15) is 0 Å². The van der Waals surface area contributed by atoms with Crippen LogP contribution in [0.5, 0.6) is 0 Å². The van der Waals surface area contributed by atoms with Gasteiger partial charge in [-0.05, 0) is 12.3 Å². The standard InChI is InChI=1S/C8H14N2O3/c1-2-3-6-4-10(9-13)5-7(6)8(11)12/h6-7H,2-5H2,1H3,(H,11,12). The van der Waals surface area contributed by atoms with Crippen LogP contribution in [0.2, 0.25) is 0 Å². The molecule has 1 heterocycles. The molecule has 1 N–H and O–H groups in total. The lowest BCUT2D eigenvalue weighted by Crippen LogP contribution is -2.22. The van der Waals surface area contributed by atoms with Gasteiger partial charge in [0, 0.05) is 6.54 Å². The predicted molar refractivity (Wildman–Crippen MR) is 46.9 cm³/mol. The summed E-state index contributed by atoms with van der Waals surface area (Å²) in [5.41, 5.74) is 0. The topological polar surface area (TPSA) is 70.0 Å². The van der Waals surface area contributed by atoms with E-state index in [2.05, 4.69) is 5.29 Å². The Hall–Kier alpha value is -1.13. The van der Waals surface area contributed by atoms with E-state index < -0.39 is 11.9 Å². The summed E-state index contributed by atoms with van der Waals surface area (Å²) in [6, 6.07) is 0. The molecule has 1 aliphatic rings. The average Bonchev–Trinajstić information content (AvgIpc) is 2.48. The van der Waals surface area contributed by atoms with E-state index in [1.807, 2.05) is 6.92 Å². The Morgan fingerprint density at radius 1 is 1.62 bits per heavy atom. The zero-order valence-corrected chi connectivity index (χ0v) is 7.64. The molecule has 0 radical (unpaired) electrons. The summed E-state index contributed by atoms with van der Waals surface area (Å²) in [7, 11) is 0. The molecular formula is C8H14N2O3. The van der Waals surface area contributed by atoms with Crippen molar-refractivity contribution < 1.29 is 9.90 Å². The van der Waals surface area contributed by atoms with E-state index in [0.717, 1.165) is 12.8 Å². The second-order valence-corrected chi connectivity index (χ2v) is 3.45. The molecule has 0 aliphatic carbocycles. The first-order chi connectivity index (χ1) is 6.19. The first kappa shape index (κ1) is 9.95. The molecule has 0 saturated carbocycles. The number of nitroso groups, excluding NO2 is 1. The molecule has 1 rings (SSSR count). The van der Waals surface area contributed by atoms with Gasteiger partial charge >= 0.3 is 5.97 Å². The lowest BCUT2D eigenvalue weighted by molar-refractivity contribution is -0.142. The SMILES string of the molecule is CCCC1CN(N=O)CC1C(=O)O. The summed E-state index contributed by atoms with van der Waals surface area (Å²) < 4.78 is 0. The van der Waals surface area contributed by atoms with Gasteiger partial charge in [0.25, 0.3) is 0 Å². The van der Waals surface area contributed by atoms with E-state index in [-0.39, 0.29) is 12.5 Å². The van der Waals surface area contributed by atoms with Crippen LogP contribution in [0.4, 0.5) is 0 Å². The van der Waals surface area contributed by atoms with Crippen molar-refractivity contribution in [3.8, 4) is 0 Å². The highest BCUT2D eigenvalue weighted by Crippen LogP contribution is 2.27. The molecule has 0 bridgehead atoms. The van der Waals surface area contributed by atoms with Gasteiger partial charge in [-0.3, -0.25) is 9.80 Å². The number of hydrogen-bond donors (Lipinski definition) is 1. The van der Waals surface area contributed by atoms with Gasteiger partial charge < -0.3 is 5.11 Å². The van der Waals surface area contributed by atoms with E-state index in [9.17, 15) is 9.70 Å². The van der Waals surface area contributed by atoms with Crippen LogP contribution < -0.4 is 0 Å². The van der Waals surface area contributed by atoms with E-state index in [4.69, 9.17) is 5.11 Å². The first-order valence-corrected chi connectivity index (χ1v) is 4.50. The summed E-state index contributed by atoms with van der Waals surface area (Å²) >= 11 is 0. The first-order valence-electron chi connectivity index (χ1n) is 4.50. The Kier molecular flexibility index (Phi) is 3.22. The average molecular weight is 186 g/mol. The fourth-order valence-corrected chi connectivity index (χ4v) is 1.86. The van der Waals surface area contributed by atoms with Gasteiger partial charge in [-0.25, -0.2) is 0 Å². The predicted octanol–water partition coefficient (Wildman–Crippen LogP) is 1.10. The lowest BCUT2D eigenvalue weighted by atomic mass is 9.92. The summed E-state index contributed by atoms with van der Waals surface area (Å²) in [6.07, 6.45) is 1.80. The van der Waals surface area contributed by atoms with E-state index in [1.54, 1.807) is 0 Å². The fraction of sp³-hybridized carbons (Fsp3) is 0.875. The number of hydrogen-bond acceptors (Lipinski definition) is 3. The van der Waals surface area contributed by atoms with Crippen molar-refractivity contribution in [2.45, 2.75) is 19.8 Å². The zero-order chi connectivity index (χ0) is 9.84. The molecule has 74 valence electrons. The number of rotatable bonds is 4. The second-order valence-electron chi connectivity index (χ2n) is 3.45. The molecule has 0 aromatic heterocycles. The molecular weight excluding hydrogens is 172 g/mol.